The summed E-state index contributed by atoms with van der Waals surface area (Å²) in [5.41, 5.74) is -0.526. The van der Waals surface area contributed by atoms with E-state index >= 15 is 0 Å². The quantitative estimate of drug-likeness (QED) is 0.145. The molecule has 0 bridgehead atoms. The van der Waals surface area contributed by atoms with Crippen LogP contribution in [0.25, 0.3) is 0 Å². The molecule has 252 valence electrons. The molecule has 0 heterocycles. The highest BCUT2D eigenvalue weighted by molar-refractivity contribution is 4.99. The smallest absolute Gasteiger partial charge is 0.0677 e. The van der Waals surface area contributed by atoms with E-state index < -0.39 is 5.60 Å². The number of aliphatic hydroxyl groups is 3. The molecule has 0 unspecified atom stereocenters. The summed E-state index contributed by atoms with van der Waals surface area (Å²) in [6.07, 6.45) is 24.6. The Morgan fingerprint density at radius 3 is 1.88 bits per heavy atom. The van der Waals surface area contributed by atoms with E-state index in [1.54, 1.807) is 0 Å². The van der Waals surface area contributed by atoms with Crippen molar-refractivity contribution >= 4 is 0 Å². The van der Waals surface area contributed by atoms with Crippen molar-refractivity contribution in [2.24, 2.45) is 52.3 Å². The third-order valence-electron chi connectivity index (χ3n) is 11.7. The van der Waals surface area contributed by atoms with Gasteiger partial charge in [0.25, 0.3) is 0 Å². The van der Waals surface area contributed by atoms with Gasteiger partial charge in [0.1, 0.15) is 0 Å². The molecule has 0 spiro atoms. The number of hydrogen-bond acceptors (Lipinski definition) is 3. The summed E-state index contributed by atoms with van der Waals surface area (Å²) in [4.78, 5) is 0. The largest absolute Gasteiger partial charge is 0.393 e. The zero-order chi connectivity index (χ0) is 32.4. The predicted octanol–water partition coefficient (Wildman–Crippen LogP) is 10.5. The molecule has 2 rings (SSSR count). The van der Waals surface area contributed by atoms with Gasteiger partial charge in [-0.1, -0.05) is 119 Å². The molecule has 0 amide bonds. The Morgan fingerprint density at radius 2 is 1.23 bits per heavy atom. The molecule has 3 nitrogen and oxygen atoms in total. The van der Waals surface area contributed by atoms with Crippen molar-refractivity contribution in [1.29, 1.82) is 0 Å². The second-order valence-corrected chi connectivity index (χ2v) is 17.6. The summed E-state index contributed by atoms with van der Waals surface area (Å²) < 4.78 is 0. The maximum absolute atomic E-state index is 11.0. The predicted molar refractivity (Wildman–Crippen MR) is 186 cm³/mol. The van der Waals surface area contributed by atoms with E-state index in [1.165, 1.54) is 38.5 Å². The molecule has 2 saturated carbocycles. The number of allylic oxidation sites excluding steroid dienone is 4. The van der Waals surface area contributed by atoms with E-state index in [1.807, 2.05) is 6.92 Å². The summed E-state index contributed by atoms with van der Waals surface area (Å²) in [5, 5.41) is 31.4. The van der Waals surface area contributed by atoms with Crippen LogP contribution in [0.2, 0.25) is 0 Å². The molecule has 3 heteroatoms. The fraction of sp³-hybridized carbons (Fsp3) is 0.900. The SMILES string of the molecule is C[C@@H](CCC[C@H](C)C/C=C/C[C@@H](C)/C=C/C[C@H](C)CC[C@@H]1C(C)(C)C[C@H](O)C[C@@]1(C)O)CC[C@@H]1[C@H](C)C[C@@H](O)CC1(C)C. The van der Waals surface area contributed by atoms with E-state index in [0.717, 1.165) is 62.7 Å². The molecule has 0 aromatic carbocycles. The van der Waals surface area contributed by atoms with Crippen molar-refractivity contribution in [2.45, 2.75) is 177 Å². The summed E-state index contributed by atoms with van der Waals surface area (Å²) >= 11 is 0. The van der Waals surface area contributed by atoms with Crippen LogP contribution in [-0.4, -0.2) is 33.1 Å². The van der Waals surface area contributed by atoms with Crippen LogP contribution >= 0.6 is 0 Å². The molecule has 0 saturated heterocycles. The van der Waals surface area contributed by atoms with Gasteiger partial charge in [-0.2, -0.15) is 0 Å². The topological polar surface area (TPSA) is 60.7 Å². The second kappa shape index (κ2) is 17.3. The van der Waals surface area contributed by atoms with Gasteiger partial charge < -0.3 is 15.3 Å². The third-order valence-corrected chi connectivity index (χ3v) is 11.7. The minimum absolute atomic E-state index is 0.0230. The lowest BCUT2D eigenvalue weighted by Gasteiger charge is -2.50. The highest BCUT2D eigenvalue weighted by Crippen LogP contribution is 2.49. The van der Waals surface area contributed by atoms with Gasteiger partial charge in [-0.25, -0.2) is 0 Å². The first-order valence-electron chi connectivity index (χ1n) is 18.3. The zero-order valence-corrected chi connectivity index (χ0v) is 30.2. The van der Waals surface area contributed by atoms with Crippen LogP contribution in [-0.2, 0) is 0 Å². The summed E-state index contributed by atoms with van der Waals surface area (Å²) in [6, 6.07) is 0. The molecular formula is C40H74O3. The van der Waals surface area contributed by atoms with Crippen LogP contribution in [0, 0.1) is 52.3 Å². The zero-order valence-electron chi connectivity index (χ0n) is 30.2. The molecule has 10 atom stereocenters. The molecule has 2 fully saturated rings. The lowest BCUT2D eigenvalue weighted by atomic mass is 9.59. The minimum atomic E-state index is -0.773. The van der Waals surface area contributed by atoms with Gasteiger partial charge in [0.15, 0.2) is 0 Å². The maximum Gasteiger partial charge on any atom is 0.0677 e. The van der Waals surface area contributed by atoms with E-state index in [9.17, 15) is 15.3 Å². The van der Waals surface area contributed by atoms with Crippen molar-refractivity contribution in [1.82, 2.24) is 0 Å². The molecule has 0 aromatic rings. The maximum atomic E-state index is 11.0. The first-order valence-corrected chi connectivity index (χ1v) is 18.3. The molecular weight excluding hydrogens is 528 g/mol. The lowest BCUT2D eigenvalue weighted by molar-refractivity contribution is -0.133. The van der Waals surface area contributed by atoms with Crippen LogP contribution in [0.5, 0.6) is 0 Å². The van der Waals surface area contributed by atoms with Crippen LogP contribution in [0.1, 0.15) is 159 Å². The summed E-state index contributed by atoms with van der Waals surface area (Å²) in [5.74, 6) is 4.36. The minimum Gasteiger partial charge on any atom is -0.393 e. The first kappa shape index (κ1) is 38.5. The fourth-order valence-corrected chi connectivity index (χ4v) is 9.24. The van der Waals surface area contributed by atoms with E-state index in [2.05, 4.69) is 86.6 Å². The van der Waals surface area contributed by atoms with Gasteiger partial charge in [0.05, 0.1) is 17.8 Å². The number of rotatable bonds is 17. The van der Waals surface area contributed by atoms with Crippen LogP contribution in [0.3, 0.4) is 0 Å². The van der Waals surface area contributed by atoms with Gasteiger partial charge in [0, 0.05) is 6.42 Å². The van der Waals surface area contributed by atoms with E-state index in [-0.39, 0.29) is 29.0 Å². The highest BCUT2D eigenvalue weighted by atomic mass is 16.3. The Balaban J connectivity index is 1.58. The van der Waals surface area contributed by atoms with Gasteiger partial charge in [-0.3, -0.25) is 0 Å². The molecule has 2 aliphatic carbocycles. The van der Waals surface area contributed by atoms with Gasteiger partial charge in [0.2, 0.25) is 0 Å². The number of aliphatic hydroxyl groups excluding tert-OH is 2. The normalized spacial score (nSPS) is 33.9. The van der Waals surface area contributed by atoms with Crippen LogP contribution in [0.15, 0.2) is 24.3 Å². The van der Waals surface area contributed by atoms with Crippen molar-refractivity contribution in [3.05, 3.63) is 24.3 Å². The van der Waals surface area contributed by atoms with E-state index in [4.69, 9.17) is 0 Å². The number of hydrogen-bond donors (Lipinski definition) is 3. The standard InChI is InChI=1S/C40H74O3/c1-29(17-13-19-31(3)21-23-36-33(5)25-34(41)26-38(36,6)7)15-11-12-16-30(2)18-14-20-32(4)22-24-37-39(8,9)27-35(42)28-40(37,10)43/h11-12,14,18,29-37,41-43H,13,15-17,19-28H2,1-10H3/b12-11+,18-14+/t29-,30-,31+,32+,33-,34-,35+,36-,37-,40-/m1/s1. The van der Waals surface area contributed by atoms with Crippen molar-refractivity contribution in [3.8, 4) is 0 Å². The van der Waals surface area contributed by atoms with Crippen LogP contribution < -0.4 is 0 Å². The van der Waals surface area contributed by atoms with E-state index in [0.29, 0.717) is 24.2 Å². The van der Waals surface area contributed by atoms with Crippen LogP contribution in [0.4, 0.5) is 0 Å². The Bertz CT molecular complexity index is 821. The molecule has 0 aromatic heterocycles. The average Bonchev–Trinajstić information content (AvgIpc) is 2.83. The van der Waals surface area contributed by atoms with Crippen molar-refractivity contribution in [3.63, 3.8) is 0 Å². The monoisotopic (exact) mass is 603 g/mol. The molecule has 0 radical (unpaired) electrons. The van der Waals surface area contributed by atoms with Gasteiger partial charge in [-0.05, 0) is 111 Å². The Kier molecular flexibility index (Phi) is 15.5. The molecule has 43 heavy (non-hydrogen) atoms. The molecule has 3 N–H and O–H groups in total. The Hall–Kier alpha value is -0.640. The molecule has 2 aliphatic rings. The van der Waals surface area contributed by atoms with Crippen molar-refractivity contribution < 1.29 is 15.3 Å². The van der Waals surface area contributed by atoms with Gasteiger partial charge >= 0.3 is 0 Å². The van der Waals surface area contributed by atoms with Gasteiger partial charge in [-0.15, -0.1) is 0 Å². The first-order chi connectivity index (χ1) is 19.9. The average molecular weight is 603 g/mol. The summed E-state index contributed by atoms with van der Waals surface area (Å²) in [7, 11) is 0. The Morgan fingerprint density at radius 1 is 0.674 bits per heavy atom. The fourth-order valence-electron chi connectivity index (χ4n) is 9.24. The Labute approximate surface area is 268 Å². The third kappa shape index (κ3) is 13.3. The van der Waals surface area contributed by atoms with Crippen molar-refractivity contribution in [2.75, 3.05) is 0 Å². The molecule has 0 aliphatic heterocycles. The second-order valence-electron chi connectivity index (χ2n) is 17.6. The summed E-state index contributed by atoms with van der Waals surface area (Å²) in [6.45, 7) is 23.0. The highest BCUT2D eigenvalue weighted by Gasteiger charge is 2.48. The lowest BCUT2D eigenvalue weighted by Crippen LogP contribution is -2.51.